The van der Waals surface area contributed by atoms with Gasteiger partial charge in [-0.25, -0.2) is 9.78 Å². The Balaban J connectivity index is 1.66. The maximum absolute atomic E-state index is 11.8. The predicted octanol–water partition coefficient (Wildman–Crippen LogP) is 1.54. The summed E-state index contributed by atoms with van der Waals surface area (Å²) in [6.45, 7) is 2.92. The largest absolute Gasteiger partial charge is 0.396 e. The zero-order valence-corrected chi connectivity index (χ0v) is 14.0. The second kappa shape index (κ2) is 9.22. The van der Waals surface area contributed by atoms with Crippen LogP contribution in [0.15, 0.2) is 29.8 Å². The van der Waals surface area contributed by atoms with Gasteiger partial charge < -0.3 is 15.7 Å². The molecule has 2 heterocycles. The van der Waals surface area contributed by atoms with Crippen LogP contribution in [-0.4, -0.2) is 40.8 Å². The van der Waals surface area contributed by atoms with E-state index in [1.807, 2.05) is 30.5 Å². The molecule has 0 aliphatic heterocycles. The van der Waals surface area contributed by atoms with Gasteiger partial charge in [0, 0.05) is 49.3 Å². The lowest BCUT2D eigenvalue weighted by Gasteiger charge is -2.15. The second-order valence-corrected chi connectivity index (χ2v) is 6.38. The molecule has 0 saturated carbocycles. The van der Waals surface area contributed by atoms with Crippen molar-refractivity contribution in [3.05, 3.63) is 46.2 Å². The maximum atomic E-state index is 11.8. The van der Waals surface area contributed by atoms with Gasteiger partial charge in [0.05, 0.1) is 10.7 Å². The smallest absolute Gasteiger partial charge is 0.314 e. The van der Waals surface area contributed by atoms with Crippen LogP contribution in [0.1, 0.15) is 16.4 Å². The van der Waals surface area contributed by atoms with Gasteiger partial charge in [0.2, 0.25) is 0 Å². The first-order valence-corrected chi connectivity index (χ1v) is 8.49. The molecular weight excluding hydrogens is 312 g/mol. The normalized spacial score (nSPS) is 11.9. The average Bonchev–Trinajstić information content (AvgIpc) is 2.97. The van der Waals surface area contributed by atoms with Crippen molar-refractivity contribution in [1.29, 1.82) is 0 Å². The van der Waals surface area contributed by atoms with E-state index in [9.17, 15) is 9.90 Å². The number of carbonyl (C=O) groups is 1. The second-order valence-electron chi connectivity index (χ2n) is 5.32. The lowest BCUT2D eigenvalue weighted by atomic mass is 10.0. The fourth-order valence-electron chi connectivity index (χ4n) is 2.14. The van der Waals surface area contributed by atoms with Crippen molar-refractivity contribution < 1.29 is 9.90 Å². The molecule has 1 atom stereocenters. The van der Waals surface area contributed by atoms with E-state index in [1.165, 1.54) is 0 Å². The molecule has 0 aliphatic rings. The number of hydrogen-bond acceptors (Lipinski definition) is 5. The zero-order valence-electron chi connectivity index (χ0n) is 13.2. The Hall–Kier alpha value is -1.99. The van der Waals surface area contributed by atoms with Crippen LogP contribution in [0.2, 0.25) is 0 Å². The minimum Gasteiger partial charge on any atom is -0.396 e. The molecule has 0 fully saturated rings. The third kappa shape index (κ3) is 6.33. The van der Waals surface area contributed by atoms with Gasteiger partial charge in [-0.3, -0.25) is 4.98 Å². The quantitative estimate of drug-likeness (QED) is 0.683. The molecule has 23 heavy (non-hydrogen) atoms. The number of pyridine rings is 1. The zero-order chi connectivity index (χ0) is 16.5. The molecule has 7 heteroatoms. The molecule has 2 aromatic heterocycles. The van der Waals surface area contributed by atoms with Crippen LogP contribution in [-0.2, 0) is 12.8 Å². The summed E-state index contributed by atoms with van der Waals surface area (Å²) in [5, 5.41) is 18.0. The lowest BCUT2D eigenvalue weighted by Crippen LogP contribution is -2.40. The Morgan fingerprint density at radius 3 is 2.87 bits per heavy atom. The number of aryl methyl sites for hydroxylation is 1. The number of amides is 2. The fraction of sp³-hybridized carbons (Fsp3) is 0.438. The number of hydrogen-bond donors (Lipinski definition) is 3. The molecule has 6 nitrogen and oxygen atoms in total. The van der Waals surface area contributed by atoms with E-state index in [-0.39, 0.29) is 18.6 Å². The number of nitrogens with one attached hydrogen (secondary N) is 2. The number of carbonyl (C=O) groups excluding carboxylic acids is 1. The highest BCUT2D eigenvalue weighted by atomic mass is 32.1. The van der Waals surface area contributed by atoms with Gasteiger partial charge in [0.15, 0.2) is 0 Å². The van der Waals surface area contributed by atoms with E-state index in [2.05, 4.69) is 20.6 Å². The number of thiazole rings is 1. The van der Waals surface area contributed by atoms with Gasteiger partial charge in [-0.1, -0.05) is 6.07 Å². The van der Waals surface area contributed by atoms with Crippen LogP contribution in [0.25, 0.3) is 0 Å². The Labute approximate surface area is 140 Å². The molecule has 2 rings (SSSR count). The van der Waals surface area contributed by atoms with Crippen molar-refractivity contribution in [2.75, 3.05) is 19.7 Å². The summed E-state index contributed by atoms with van der Waals surface area (Å²) in [6, 6.07) is 5.46. The van der Waals surface area contributed by atoms with Crippen LogP contribution in [0, 0.1) is 12.8 Å². The first-order valence-electron chi connectivity index (χ1n) is 7.61. The molecule has 2 amide bonds. The van der Waals surface area contributed by atoms with Crippen molar-refractivity contribution in [2.24, 2.45) is 5.92 Å². The van der Waals surface area contributed by atoms with Gasteiger partial charge in [0.1, 0.15) is 0 Å². The Bertz CT molecular complexity index is 603. The molecule has 1 unspecified atom stereocenters. The number of rotatable bonds is 8. The SMILES string of the molecule is Cc1nc(CCNC(=O)NCC(CO)Cc2ccccn2)cs1. The standard InChI is InChI=1S/C16H22N4O2S/c1-12-20-15(11-23-12)5-7-18-16(22)19-9-13(10-21)8-14-4-2-3-6-17-14/h2-4,6,11,13,21H,5,7-10H2,1H3,(H2,18,19,22). The Morgan fingerprint density at radius 2 is 2.22 bits per heavy atom. The molecule has 0 spiro atoms. The monoisotopic (exact) mass is 334 g/mol. The lowest BCUT2D eigenvalue weighted by molar-refractivity contribution is 0.213. The predicted molar refractivity (Wildman–Crippen MR) is 90.5 cm³/mol. The van der Waals surface area contributed by atoms with Crippen LogP contribution in [0.5, 0.6) is 0 Å². The van der Waals surface area contributed by atoms with E-state index >= 15 is 0 Å². The molecule has 0 bridgehead atoms. The number of urea groups is 1. The van der Waals surface area contributed by atoms with Gasteiger partial charge in [-0.2, -0.15) is 0 Å². The van der Waals surface area contributed by atoms with Gasteiger partial charge in [-0.05, 0) is 25.5 Å². The van der Waals surface area contributed by atoms with E-state index in [0.29, 0.717) is 19.5 Å². The third-order valence-corrected chi connectivity index (χ3v) is 4.19. The number of aliphatic hydroxyl groups is 1. The van der Waals surface area contributed by atoms with Gasteiger partial charge in [-0.15, -0.1) is 11.3 Å². The summed E-state index contributed by atoms with van der Waals surface area (Å²) in [5.74, 6) is -0.0446. The number of aliphatic hydroxyl groups excluding tert-OH is 1. The maximum Gasteiger partial charge on any atom is 0.314 e. The molecule has 0 aromatic carbocycles. The Morgan fingerprint density at radius 1 is 1.35 bits per heavy atom. The minimum atomic E-state index is -0.226. The first kappa shape index (κ1) is 17.4. The summed E-state index contributed by atoms with van der Waals surface area (Å²) in [5.41, 5.74) is 1.91. The van der Waals surface area contributed by atoms with Crippen molar-refractivity contribution >= 4 is 17.4 Å². The number of nitrogens with zero attached hydrogens (tertiary/aromatic N) is 2. The van der Waals surface area contributed by atoms with E-state index < -0.39 is 0 Å². The first-order chi connectivity index (χ1) is 11.2. The summed E-state index contributed by atoms with van der Waals surface area (Å²) < 4.78 is 0. The van der Waals surface area contributed by atoms with Crippen molar-refractivity contribution in [2.45, 2.75) is 19.8 Å². The van der Waals surface area contributed by atoms with Crippen LogP contribution in [0.4, 0.5) is 4.79 Å². The van der Waals surface area contributed by atoms with Crippen molar-refractivity contribution in [3.8, 4) is 0 Å². The third-order valence-electron chi connectivity index (χ3n) is 3.37. The molecule has 0 saturated heterocycles. The van der Waals surface area contributed by atoms with Crippen molar-refractivity contribution in [1.82, 2.24) is 20.6 Å². The summed E-state index contributed by atoms with van der Waals surface area (Å²) in [7, 11) is 0. The molecule has 2 aromatic rings. The molecular formula is C16H22N4O2S. The highest BCUT2D eigenvalue weighted by Crippen LogP contribution is 2.07. The summed E-state index contributed by atoms with van der Waals surface area (Å²) in [4.78, 5) is 20.4. The summed E-state index contributed by atoms with van der Waals surface area (Å²) in [6.07, 6.45) is 3.08. The number of aromatic nitrogens is 2. The summed E-state index contributed by atoms with van der Waals surface area (Å²) >= 11 is 1.61. The highest BCUT2D eigenvalue weighted by molar-refractivity contribution is 7.09. The van der Waals surface area contributed by atoms with Crippen LogP contribution >= 0.6 is 11.3 Å². The van der Waals surface area contributed by atoms with E-state index in [4.69, 9.17) is 0 Å². The van der Waals surface area contributed by atoms with Gasteiger partial charge in [0.25, 0.3) is 0 Å². The molecule has 0 radical (unpaired) electrons. The molecule has 3 N–H and O–H groups in total. The minimum absolute atomic E-state index is 0.00888. The van der Waals surface area contributed by atoms with Crippen LogP contribution < -0.4 is 10.6 Å². The molecule has 124 valence electrons. The van der Waals surface area contributed by atoms with E-state index in [1.54, 1.807) is 17.5 Å². The van der Waals surface area contributed by atoms with Crippen LogP contribution in [0.3, 0.4) is 0 Å². The van der Waals surface area contributed by atoms with Gasteiger partial charge >= 0.3 is 6.03 Å². The Kier molecular flexibility index (Phi) is 6.96. The topological polar surface area (TPSA) is 87.1 Å². The van der Waals surface area contributed by atoms with E-state index in [0.717, 1.165) is 22.8 Å². The fourth-order valence-corrected chi connectivity index (χ4v) is 2.79. The van der Waals surface area contributed by atoms with Crippen molar-refractivity contribution in [3.63, 3.8) is 0 Å². The highest BCUT2D eigenvalue weighted by Gasteiger charge is 2.11. The molecule has 0 aliphatic carbocycles. The average molecular weight is 334 g/mol.